The molecule has 0 aliphatic rings. The number of esters is 1. The number of hydrogen-bond acceptors (Lipinski definition) is 3. The third-order valence-electron chi connectivity index (χ3n) is 2.41. The Bertz CT molecular complexity index is 517. The molecule has 4 nitrogen and oxygen atoms in total. The van der Waals surface area contributed by atoms with Gasteiger partial charge >= 0.3 is 5.97 Å². The molecule has 0 saturated carbocycles. The van der Waals surface area contributed by atoms with Gasteiger partial charge < -0.3 is 9.14 Å². The first kappa shape index (κ1) is 14.2. The second kappa shape index (κ2) is 6.79. The molecular weight excluding hydrogens is 228 g/mol. The third-order valence-corrected chi connectivity index (χ3v) is 2.41. The number of imidazole rings is 1. The van der Waals surface area contributed by atoms with Crippen LogP contribution in [-0.4, -0.2) is 22.0 Å². The Balaban J connectivity index is 0.000000771. The molecule has 18 heavy (non-hydrogen) atoms. The van der Waals surface area contributed by atoms with Gasteiger partial charge in [0.15, 0.2) is 0 Å². The zero-order chi connectivity index (χ0) is 13.5. The fraction of sp³-hybridized carbons (Fsp3) is 0.429. The van der Waals surface area contributed by atoms with Gasteiger partial charge in [0.2, 0.25) is 0 Å². The van der Waals surface area contributed by atoms with Crippen molar-refractivity contribution in [3.8, 4) is 0 Å². The SMILES string of the molecule is CC.CCOC(=O)Cc1nc(C)c2ccccn12. The molecule has 2 heterocycles. The molecule has 0 amide bonds. The highest BCUT2D eigenvalue weighted by Gasteiger charge is 2.11. The number of aromatic nitrogens is 2. The number of ether oxygens (including phenoxy) is 1. The number of aryl methyl sites for hydroxylation is 1. The highest BCUT2D eigenvalue weighted by molar-refractivity contribution is 5.72. The van der Waals surface area contributed by atoms with E-state index in [9.17, 15) is 4.79 Å². The van der Waals surface area contributed by atoms with Crippen LogP contribution in [0.2, 0.25) is 0 Å². The molecule has 0 spiro atoms. The van der Waals surface area contributed by atoms with Crippen molar-refractivity contribution in [3.63, 3.8) is 0 Å². The summed E-state index contributed by atoms with van der Waals surface area (Å²) in [6.45, 7) is 8.14. The lowest BCUT2D eigenvalue weighted by Crippen LogP contribution is -2.10. The molecule has 0 atom stereocenters. The average molecular weight is 248 g/mol. The molecule has 0 unspecified atom stereocenters. The Morgan fingerprint density at radius 1 is 1.39 bits per heavy atom. The number of carbonyl (C=O) groups is 1. The Morgan fingerprint density at radius 3 is 2.78 bits per heavy atom. The smallest absolute Gasteiger partial charge is 0.313 e. The van der Waals surface area contributed by atoms with Crippen molar-refractivity contribution in [2.45, 2.75) is 34.1 Å². The molecule has 98 valence electrons. The summed E-state index contributed by atoms with van der Waals surface area (Å²) in [5.74, 6) is 0.491. The van der Waals surface area contributed by atoms with Crippen LogP contribution in [0.1, 0.15) is 32.3 Å². The Hall–Kier alpha value is -1.84. The van der Waals surface area contributed by atoms with Gasteiger partial charge in [0.25, 0.3) is 0 Å². The zero-order valence-electron chi connectivity index (χ0n) is 11.4. The van der Waals surface area contributed by atoms with E-state index in [4.69, 9.17) is 4.74 Å². The normalized spacial score (nSPS) is 9.78. The molecule has 0 fully saturated rings. The summed E-state index contributed by atoms with van der Waals surface area (Å²) in [6.07, 6.45) is 2.12. The highest BCUT2D eigenvalue weighted by atomic mass is 16.5. The monoisotopic (exact) mass is 248 g/mol. The summed E-state index contributed by atoms with van der Waals surface area (Å²) in [7, 11) is 0. The largest absolute Gasteiger partial charge is 0.466 e. The fourth-order valence-corrected chi connectivity index (χ4v) is 1.73. The first-order valence-electron chi connectivity index (χ1n) is 6.30. The van der Waals surface area contributed by atoms with Crippen LogP contribution in [0.3, 0.4) is 0 Å². The van der Waals surface area contributed by atoms with Crippen LogP contribution >= 0.6 is 0 Å². The number of fused-ring (bicyclic) bond motifs is 1. The van der Waals surface area contributed by atoms with E-state index in [0.717, 1.165) is 17.0 Å². The van der Waals surface area contributed by atoms with E-state index in [1.807, 2.05) is 49.6 Å². The maximum absolute atomic E-state index is 11.4. The quantitative estimate of drug-likeness (QED) is 0.784. The lowest BCUT2D eigenvalue weighted by molar-refractivity contribution is -0.142. The van der Waals surface area contributed by atoms with Crippen LogP contribution < -0.4 is 0 Å². The van der Waals surface area contributed by atoms with Crippen molar-refractivity contribution in [1.82, 2.24) is 9.38 Å². The number of carbonyl (C=O) groups excluding carboxylic acids is 1. The first-order valence-corrected chi connectivity index (χ1v) is 6.30. The van der Waals surface area contributed by atoms with Crippen LogP contribution in [0.15, 0.2) is 24.4 Å². The molecule has 2 rings (SSSR count). The van der Waals surface area contributed by atoms with Gasteiger partial charge in [-0.25, -0.2) is 4.98 Å². The summed E-state index contributed by atoms with van der Waals surface area (Å²) in [5, 5.41) is 0. The van der Waals surface area contributed by atoms with Gasteiger partial charge in [-0.05, 0) is 26.0 Å². The van der Waals surface area contributed by atoms with E-state index in [2.05, 4.69) is 4.98 Å². The van der Waals surface area contributed by atoms with Gasteiger partial charge in [-0.3, -0.25) is 4.79 Å². The summed E-state index contributed by atoms with van der Waals surface area (Å²) in [4.78, 5) is 15.8. The minimum Gasteiger partial charge on any atom is -0.466 e. The predicted molar refractivity (Wildman–Crippen MR) is 71.6 cm³/mol. The molecule has 0 aromatic carbocycles. The summed E-state index contributed by atoms with van der Waals surface area (Å²) >= 11 is 0. The topological polar surface area (TPSA) is 43.6 Å². The van der Waals surface area contributed by atoms with Gasteiger partial charge in [-0.2, -0.15) is 0 Å². The molecule has 0 N–H and O–H groups in total. The lowest BCUT2D eigenvalue weighted by Gasteiger charge is -2.01. The van der Waals surface area contributed by atoms with E-state index in [1.54, 1.807) is 6.92 Å². The molecule has 0 aliphatic carbocycles. The minimum absolute atomic E-state index is 0.215. The molecule has 2 aromatic heterocycles. The van der Waals surface area contributed by atoms with Crippen LogP contribution in [0, 0.1) is 6.92 Å². The maximum Gasteiger partial charge on any atom is 0.313 e. The van der Waals surface area contributed by atoms with Crippen LogP contribution in [0.25, 0.3) is 5.52 Å². The van der Waals surface area contributed by atoms with Crippen molar-refractivity contribution >= 4 is 11.5 Å². The summed E-state index contributed by atoms with van der Waals surface area (Å²) < 4.78 is 6.83. The van der Waals surface area contributed by atoms with E-state index in [1.165, 1.54) is 0 Å². The second-order valence-corrected chi connectivity index (χ2v) is 3.55. The van der Waals surface area contributed by atoms with E-state index in [-0.39, 0.29) is 12.4 Å². The summed E-state index contributed by atoms with van der Waals surface area (Å²) in [6, 6.07) is 5.86. The zero-order valence-corrected chi connectivity index (χ0v) is 11.4. The van der Waals surface area contributed by atoms with Gasteiger partial charge in [0.05, 0.1) is 17.8 Å². The third kappa shape index (κ3) is 3.09. The van der Waals surface area contributed by atoms with Gasteiger partial charge in [-0.1, -0.05) is 19.9 Å². The predicted octanol–water partition coefficient (Wildman–Crippen LogP) is 2.77. The molecule has 0 radical (unpaired) electrons. The van der Waals surface area contributed by atoms with Gasteiger partial charge in [-0.15, -0.1) is 0 Å². The molecule has 0 aliphatic heterocycles. The van der Waals surface area contributed by atoms with Crippen molar-refractivity contribution < 1.29 is 9.53 Å². The highest BCUT2D eigenvalue weighted by Crippen LogP contribution is 2.12. The number of rotatable bonds is 3. The van der Waals surface area contributed by atoms with E-state index in [0.29, 0.717) is 6.61 Å². The average Bonchev–Trinajstić information content (AvgIpc) is 2.70. The van der Waals surface area contributed by atoms with Crippen LogP contribution in [-0.2, 0) is 16.0 Å². The Labute approximate surface area is 108 Å². The van der Waals surface area contributed by atoms with E-state index >= 15 is 0 Å². The van der Waals surface area contributed by atoms with Crippen molar-refractivity contribution in [3.05, 3.63) is 35.9 Å². The van der Waals surface area contributed by atoms with E-state index < -0.39 is 0 Å². The fourth-order valence-electron chi connectivity index (χ4n) is 1.73. The van der Waals surface area contributed by atoms with Crippen molar-refractivity contribution in [2.75, 3.05) is 6.61 Å². The first-order chi connectivity index (χ1) is 8.72. The molecule has 4 heteroatoms. The number of hydrogen-bond donors (Lipinski definition) is 0. The Kier molecular flexibility index (Phi) is 5.36. The van der Waals surface area contributed by atoms with Crippen LogP contribution in [0.5, 0.6) is 0 Å². The van der Waals surface area contributed by atoms with Crippen molar-refractivity contribution in [2.24, 2.45) is 0 Å². The second-order valence-electron chi connectivity index (χ2n) is 3.55. The van der Waals surface area contributed by atoms with Crippen LogP contribution in [0.4, 0.5) is 0 Å². The Morgan fingerprint density at radius 2 is 2.11 bits per heavy atom. The molecule has 0 saturated heterocycles. The van der Waals surface area contributed by atoms with Gasteiger partial charge in [0, 0.05) is 6.20 Å². The maximum atomic E-state index is 11.4. The summed E-state index contributed by atoms with van der Waals surface area (Å²) in [5.41, 5.74) is 1.96. The molecule has 0 bridgehead atoms. The van der Waals surface area contributed by atoms with Crippen molar-refractivity contribution in [1.29, 1.82) is 0 Å². The number of pyridine rings is 1. The minimum atomic E-state index is -0.238. The molecule has 2 aromatic rings. The standard InChI is InChI=1S/C12H14N2O2.C2H6/c1-3-16-12(15)8-11-13-9(2)10-6-4-5-7-14(10)11;1-2/h4-7H,3,8H2,1-2H3;1-2H3. The molecular formula is C14H20N2O2. The van der Waals surface area contributed by atoms with Gasteiger partial charge in [0.1, 0.15) is 12.2 Å². The lowest BCUT2D eigenvalue weighted by atomic mass is 10.3. The number of nitrogens with zero attached hydrogens (tertiary/aromatic N) is 2.